The smallest absolute Gasteiger partial charge is 0.249 e. The summed E-state index contributed by atoms with van der Waals surface area (Å²) >= 11 is 0. The van der Waals surface area contributed by atoms with Crippen LogP contribution in [0, 0.1) is 20.8 Å². The van der Waals surface area contributed by atoms with Crippen LogP contribution in [-0.4, -0.2) is 5.91 Å². The van der Waals surface area contributed by atoms with Crippen LogP contribution in [0.3, 0.4) is 0 Å². The van der Waals surface area contributed by atoms with Crippen LogP contribution in [0.5, 0.6) is 0 Å². The van der Waals surface area contributed by atoms with Crippen molar-refractivity contribution in [3.63, 3.8) is 0 Å². The Morgan fingerprint density at radius 1 is 1.10 bits per heavy atom. The Morgan fingerprint density at radius 3 is 2.43 bits per heavy atom. The number of nitrogens with two attached hydrogens (primary N) is 1. The molecule has 3 nitrogen and oxygen atoms in total. The number of carbonyl (C=O) groups is 1. The molecule has 110 valence electrons. The second-order valence-corrected chi connectivity index (χ2v) is 5.55. The van der Waals surface area contributed by atoms with Crippen LogP contribution >= 0.6 is 0 Å². The maximum Gasteiger partial charge on any atom is 0.249 e. The molecule has 3 heteroatoms. The molecule has 0 saturated carbocycles. The molecule has 0 heterocycles. The first kappa shape index (κ1) is 15.1. The summed E-state index contributed by atoms with van der Waals surface area (Å²) in [7, 11) is 0. The van der Waals surface area contributed by atoms with Gasteiger partial charge in [0.15, 0.2) is 0 Å². The lowest BCUT2D eigenvalue weighted by atomic mass is 10.0. The summed E-state index contributed by atoms with van der Waals surface area (Å²) in [6, 6.07) is 12.2. The van der Waals surface area contributed by atoms with E-state index in [2.05, 4.69) is 44.3 Å². The van der Waals surface area contributed by atoms with Gasteiger partial charge in [0.25, 0.3) is 0 Å². The average molecular weight is 282 g/mol. The quantitative estimate of drug-likeness (QED) is 0.894. The number of rotatable bonds is 4. The lowest BCUT2D eigenvalue weighted by Crippen LogP contribution is -2.15. The zero-order chi connectivity index (χ0) is 15.6. The van der Waals surface area contributed by atoms with Gasteiger partial charge < -0.3 is 11.1 Å². The molecule has 0 bridgehead atoms. The van der Waals surface area contributed by atoms with E-state index in [0.717, 1.165) is 11.3 Å². The molecular formula is C18H22N2O. The summed E-state index contributed by atoms with van der Waals surface area (Å²) < 4.78 is 0. The van der Waals surface area contributed by atoms with Gasteiger partial charge in [0, 0.05) is 17.3 Å². The molecule has 0 spiro atoms. The molecule has 21 heavy (non-hydrogen) atoms. The third kappa shape index (κ3) is 3.24. The molecule has 1 amide bonds. The van der Waals surface area contributed by atoms with Gasteiger partial charge >= 0.3 is 0 Å². The highest BCUT2D eigenvalue weighted by Gasteiger charge is 2.11. The van der Waals surface area contributed by atoms with Gasteiger partial charge in [-0.1, -0.05) is 24.3 Å². The summed E-state index contributed by atoms with van der Waals surface area (Å²) in [5.74, 6) is -0.394. The van der Waals surface area contributed by atoms with Crippen LogP contribution in [-0.2, 0) is 0 Å². The SMILES string of the molecule is Cc1ccc(C(C)Nc2cccc(C(N)=O)c2C)cc1C. The molecule has 1 unspecified atom stereocenters. The summed E-state index contributed by atoms with van der Waals surface area (Å²) in [5, 5.41) is 3.46. The number of nitrogens with one attached hydrogen (secondary N) is 1. The number of hydrogen-bond acceptors (Lipinski definition) is 2. The van der Waals surface area contributed by atoms with Gasteiger partial charge in [0.05, 0.1) is 0 Å². The van der Waals surface area contributed by atoms with Crippen LogP contribution in [0.1, 0.15) is 45.6 Å². The maximum atomic E-state index is 11.4. The molecule has 3 N–H and O–H groups in total. The van der Waals surface area contributed by atoms with Gasteiger partial charge in [-0.15, -0.1) is 0 Å². The van der Waals surface area contributed by atoms with Gasteiger partial charge in [-0.05, 0) is 62.1 Å². The fourth-order valence-corrected chi connectivity index (χ4v) is 2.41. The van der Waals surface area contributed by atoms with Crippen molar-refractivity contribution in [3.8, 4) is 0 Å². The van der Waals surface area contributed by atoms with Crippen molar-refractivity contribution in [1.29, 1.82) is 0 Å². The topological polar surface area (TPSA) is 55.1 Å². The molecule has 2 aromatic carbocycles. The van der Waals surface area contributed by atoms with E-state index in [1.807, 2.05) is 19.1 Å². The maximum absolute atomic E-state index is 11.4. The minimum atomic E-state index is -0.394. The molecule has 0 aliphatic rings. The first-order valence-corrected chi connectivity index (χ1v) is 7.13. The molecule has 0 saturated heterocycles. The Kier molecular flexibility index (Phi) is 4.32. The molecule has 0 fully saturated rings. The van der Waals surface area contributed by atoms with Crippen molar-refractivity contribution in [2.24, 2.45) is 5.73 Å². The van der Waals surface area contributed by atoms with E-state index < -0.39 is 5.91 Å². The van der Waals surface area contributed by atoms with Crippen molar-refractivity contribution in [2.45, 2.75) is 33.7 Å². The Bertz CT molecular complexity index is 677. The zero-order valence-corrected chi connectivity index (χ0v) is 13.0. The van der Waals surface area contributed by atoms with Gasteiger partial charge in [-0.25, -0.2) is 0 Å². The largest absolute Gasteiger partial charge is 0.378 e. The fourth-order valence-electron chi connectivity index (χ4n) is 2.41. The summed E-state index contributed by atoms with van der Waals surface area (Å²) in [6.45, 7) is 8.25. The zero-order valence-electron chi connectivity index (χ0n) is 13.0. The standard InChI is InChI=1S/C18H22N2O/c1-11-8-9-15(10-12(11)2)14(4)20-17-7-5-6-16(13(17)3)18(19)21/h5-10,14,20H,1-4H3,(H2,19,21). The molecule has 0 aromatic heterocycles. The molecule has 0 aliphatic heterocycles. The summed E-state index contributed by atoms with van der Waals surface area (Å²) in [4.78, 5) is 11.4. The monoisotopic (exact) mass is 282 g/mol. The normalized spacial score (nSPS) is 12.0. The first-order valence-electron chi connectivity index (χ1n) is 7.13. The third-order valence-corrected chi connectivity index (χ3v) is 4.00. The number of carbonyl (C=O) groups excluding carboxylic acids is 1. The lowest BCUT2D eigenvalue weighted by Gasteiger charge is -2.19. The van der Waals surface area contributed by atoms with Crippen LogP contribution in [0.2, 0.25) is 0 Å². The molecule has 0 radical (unpaired) electrons. The van der Waals surface area contributed by atoms with Gasteiger partial charge in [0.1, 0.15) is 0 Å². The van der Waals surface area contributed by atoms with E-state index in [4.69, 9.17) is 5.73 Å². The minimum absolute atomic E-state index is 0.158. The fraction of sp³-hybridized carbons (Fsp3) is 0.278. The number of anilines is 1. The molecule has 0 aliphatic carbocycles. The highest BCUT2D eigenvalue weighted by atomic mass is 16.1. The van der Waals surface area contributed by atoms with Crippen molar-refractivity contribution in [3.05, 3.63) is 64.2 Å². The van der Waals surface area contributed by atoms with Gasteiger partial charge in [-0.2, -0.15) is 0 Å². The molecule has 1 atom stereocenters. The molecule has 2 rings (SSSR count). The highest BCUT2D eigenvalue weighted by Crippen LogP contribution is 2.25. The molecular weight excluding hydrogens is 260 g/mol. The second kappa shape index (κ2) is 6.00. The number of aryl methyl sites for hydroxylation is 2. The third-order valence-electron chi connectivity index (χ3n) is 4.00. The Morgan fingerprint density at radius 2 is 1.81 bits per heavy atom. The average Bonchev–Trinajstić information content (AvgIpc) is 2.43. The molecule has 2 aromatic rings. The minimum Gasteiger partial charge on any atom is -0.378 e. The predicted octanol–water partition coefficient (Wildman–Crippen LogP) is 3.88. The number of hydrogen-bond donors (Lipinski definition) is 2. The number of benzene rings is 2. The van der Waals surface area contributed by atoms with E-state index in [0.29, 0.717) is 5.56 Å². The van der Waals surface area contributed by atoms with Gasteiger partial charge in [0.2, 0.25) is 5.91 Å². The first-order chi connectivity index (χ1) is 9.90. The second-order valence-electron chi connectivity index (χ2n) is 5.55. The predicted molar refractivity (Wildman–Crippen MR) is 87.7 cm³/mol. The van der Waals surface area contributed by atoms with Crippen molar-refractivity contribution in [1.82, 2.24) is 0 Å². The van der Waals surface area contributed by atoms with E-state index in [-0.39, 0.29) is 6.04 Å². The Hall–Kier alpha value is -2.29. The summed E-state index contributed by atoms with van der Waals surface area (Å²) in [5.41, 5.74) is 11.6. The van der Waals surface area contributed by atoms with Crippen molar-refractivity contribution >= 4 is 11.6 Å². The van der Waals surface area contributed by atoms with Crippen molar-refractivity contribution in [2.75, 3.05) is 5.32 Å². The highest BCUT2D eigenvalue weighted by molar-refractivity contribution is 5.95. The Balaban J connectivity index is 2.27. The van der Waals surface area contributed by atoms with E-state index >= 15 is 0 Å². The van der Waals surface area contributed by atoms with Crippen LogP contribution < -0.4 is 11.1 Å². The number of amides is 1. The van der Waals surface area contributed by atoms with E-state index in [1.165, 1.54) is 16.7 Å². The van der Waals surface area contributed by atoms with Crippen LogP contribution in [0.15, 0.2) is 36.4 Å². The van der Waals surface area contributed by atoms with E-state index in [1.54, 1.807) is 6.07 Å². The van der Waals surface area contributed by atoms with Crippen LogP contribution in [0.4, 0.5) is 5.69 Å². The van der Waals surface area contributed by atoms with E-state index in [9.17, 15) is 4.79 Å². The lowest BCUT2D eigenvalue weighted by molar-refractivity contribution is 0.1000. The Labute approximate surface area is 126 Å². The number of primary amides is 1. The van der Waals surface area contributed by atoms with Crippen LogP contribution in [0.25, 0.3) is 0 Å². The van der Waals surface area contributed by atoms with Crippen molar-refractivity contribution < 1.29 is 4.79 Å². The van der Waals surface area contributed by atoms with Gasteiger partial charge in [-0.3, -0.25) is 4.79 Å². The summed E-state index contributed by atoms with van der Waals surface area (Å²) in [6.07, 6.45) is 0.